The van der Waals surface area contributed by atoms with Crippen LogP contribution in [0.4, 0.5) is 5.69 Å². The van der Waals surface area contributed by atoms with Crippen molar-refractivity contribution in [3.63, 3.8) is 0 Å². The number of carbonyl (C=O) groups excluding carboxylic acids is 1. The predicted molar refractivity (Wildman–Crippen MR) is 132 cm³/mol. The summed E-state index contributed by atoms with van der Waals surface area (Å²) in [7, 11) is 0. The fraction of sp³-hybridized carbons (Fsp3) is 0.222. The Morgan fingerprint density at radius 3 is 2.48 bits per heavy atom. The first-order chi connectivity index (χ1) is 16.2. The molecule has 0 aliphatic carbocycles. The summed E-state index contributed by atoms with van der Waals surface area (Å²) >= 11 is 1.46. The minimum absolute atomic E-state index is 0.00150. The molecule has 5 rings (SSSR count). The first kappa shape index (κ1) is 21.2. The summed E-state index contributed by atoms with van der Waals surface area (Å²) in [5.41, 5.74) is 5.01. The van der Waals surface area contributed by atoms with Crippen LogP contribution in [-0.4, -0.2) is 28.9 Å². The Balaban J connectivity index is 1.41. The molecule has 5 nitrogen and oxygen atoms in total. The normalized spacial score (nSPS) is 14.2. The highest BCUT2D eigenvalue weighted by Crippen LogP contribution is 2.35. The van der Waals surface area contributed by atoms with Gasteiger partial charge < -0.3 is 10.2 Å². The molecule has 0 bridgehead atoms. The number of likely N-dealkylation sites (tertiary alicyclic amines) is 1. The minimum atomic E-state index is -0.00150. The van der Waals surface area contributed by atoms with E-state index in [4.69, 9.17) is 0 Å². The lowest BCUT2D eigenvalue weighted by atomic mass is 9.89. The Morgan fingerprint density at radius 1 is 1.09 bits per heavy atom. The van der Waals surface area contributed by atoms with E-state index < -0.39 is 0 Å². The molecule has 1 aliphatic rings. The van der Waals surface area contributed by atoms with Gasteiger partial charge in [0.05, 0.1) is 21.5 Å². The van der Waals surface area contributed by atoms with Crippen molar-refractivity contribution >= 4 is 33.1 Å². The van der Waals surface area contributed by atoms with E-state index in [0.29, 0.717) is 29.1 Å². The van der Waals surface area contributed by atoms with Crippen LogP contribution in [-0.2, 0) is 6.54 Å². The fourth-order valence-electron chi connectivity index (χ4n) is 4.49. The number of nitrogens with zero attached hydrogens (tertiary/aromatic N) is 3. The maximum Gasteiger partial charge on any atom is 0.257 e. The number of rotatable bonds is 5. The van der Waals surface area contributed by atoms with Gasteiger partial charge in [-0.2, -0.15) is 5.26 Å². The molecule has 0 atom stereocenters. The van der Waals surface area contributed by atoms with Gasteiger partial charge >= 0.3 is 0 Å². The smallest absolute Gasteiger partial charge is 0.257 e. The topological polar surface area (TPSA) is 69.0 Å². The number of aromatic nitrogens is 1. The van der Waals surface area contributed by atoms with Gasteiger partial charge in [0.1, 0.15) is 11.6 Å². The number of anilines is 1. The van der Waals surface area contributed by atoms with Crippen LogP contribution in [0.2, 0.25) is 0 Å². The summed E-state index contributed by atoms with van der Waals surface area (Å²) in [5, 5.41) is 14.7. The monoisotopic (exact) mass is 452 g/mol. The maximum atomic E-state index is 13.6. The Bertz CT molecular complexity index is 1300. The second kappa shape index (κ2) is 9.43. The van der Waals surface area contributed by atoms with Crippen LogP contribution in [0.1, 0.15) is 45.8 Å². The standard InChI is InChI=1S/C27H24N4OS/c28-15-22-18-33-26-24(22)30-17-23(25(26)29-16-19-7-3-1-4-8-19)27(32)31-13-11-21(12-14-31)20-9-5-2-6-10-20/h1-10,17-18,21H,11-14,16H2,(H,29,30). The van der Waals surface area contributed by atoms with E-state index in [0.717, 1.165) is 41.9 Å². The van der Waals surface area contributed by atoms with Gasteiger partial charge in [0, 0.05) is 31.2 Å². The van der Waals surface area contributed by atoms with E-state index >= 15 is 0 Å². The largest absolute Gasteiger partial charge is 0.379 e. The highest BCUT2D eigenvalue weighted by atomic mass is 32.1. The second-order valence-corrected chi connectivity index (χ2v) is 9.18. The molecule has 2 aromatic carbocycles. The average Bonchev–Trinajstić information content (AvgIpc) is 3.31. The van der Waals surface area contributed by atoms with Crippen molar-refractivity contribution < 1.29 is 4.79 Å². The number of nitrogens with one attached hydrogen (secondary N) is 1. The minimum Gasteiger partial charge on any atom is -0.379 e. The van der Waals surface area contributed by atoms with Crippen LogP contribution in [0, 0.1) is 11.3 Å². The van der Waals surface area contributed by atoms with Crippen molar-refractivity contribution in [2.75, 3.05) is 18.4 Å². The van der Waals surface area contributed by atoms with Crippen LogP contribution in [0.25, 0.3) is 10.2 Å². The zero-order chi connectivity index (χ0) is 22.6. The Kier molecular flexibility index (Phi) is 6.05. The number of carbonyl (C=O) groups is 1. The summed E-state index contributed by atoms with van der Waals surface area (Å²) in [4.78, 5) is 20.0. The highest BCUT2D eigenvalue weighted by molar-refractivity contribution is 7.18. The fourth-order valence-corrected chi connectivity index (χ4v) is 5.46. The maximum absolute atomic E-state index is 13.6. The molecule has 2 aromatic heterocycles. The number of nitriles is 1. The number of benzene rings is 2. The van der Waals surface area contributed by atoms with Gasteiger partial charge in [-0.25, -0.2) is 0 Å². The van der Waals surface area contributed by atoms with E-state index in [1.165, 1.54) is 16.9 Å². The lowest BCUT2D eigenvalue weighted by molar-refractivity contribution is 0.0713. The Hall–Kier alpha value is -3.69. The first-order valence-corrected chi connectivity index (χ1v) is 12.0. The SMILES string of the molecule is N#Cc1csc2c(NCc3ccccc3)c(C(=O)N3CCC(c4ccccc4)CC3)cnc12. The Morgan fingerprint density at radius 2 is 1.79 bits per heavy atom. The first-order valence-electron chi connectivity index (χ1n) is 11.2. The molecule has 4 aromatic rings. The van der Waals surface area contributed by atoms with Crippen molar-refractivity contribution in [1.29, 1.82) is 5.26 Å². The van der Waals surface area contributed by atoms with Gasteiger partial charge in [-0.05, 0) is 29.9 Å². The molecule has 6 heteroatoms. The molecule has 1 fully saturated rings. The van der Waals surface area contributed by atoms with E-state index in [-0.39, 0.29) is 5.91 Å². The van der Waals surface area contributed by atoms with Gasteiger partial charge in [0.25, 0.3) is 5.91 Å². The quantitative estimate of drug-likeness (QED) is 0.415. The van der Waals surface area contributed by atoms with Gasteiger partial charge in [-0.3, -0.25) is 9.78 Å². The third kappa shape index (κ3) is 4.33. The van der Waals surface area contributed by atoms with Gasteiger partial charge in [-0.1, -0.05) is 60.7 Å². The molecule has 1 N–H and O–H groups in total. The van der Waals surface area contributed by atoms with E-state index in [1.807, 2.05) is 34.5 Å². The molecule has 1 saturated heterocycles. The van der Waals surface area contributed by atoms with Crippen molar-refractivity contribution in [2.24, 2.45) is 0 Å². The lowest BCUT2D eigenvalue weighted by Gasteiger charge is -2.32. The third-order valence-electron chi connectivity index (χ3n) is 6.30. The molecule has 1 aliphatic heterocycles. The molecule has 33 heavy (non-hydrogen) atoms. The van der Waals surface area contributed by atoms with Crippen LogP contribution in [0.3, 0.4) is 0 Å². The number of fused-ring (bicyclic) bond motifs is 1. The predicted octanol–water partition coefficient (Wildman–Crippen LogP) is 5.80. The van der Waals surface area contributed by atoms with Gasteiger partial charge in [-0.15, -0.1) is 11.3 Å². The summed E-state index contributed by atoms with van der Waals surface area (Å²) in [5.74, 6) is 0.486. The molecule has 0 spiro atoms. The van der Waals surface area contributed by atoms with Crippen LogP contribution < -0.4 is 5.32 Å². The van der Waals surface area contributed by atoms with Crippen LogP contribution >= 0.6 is 11.3 Å². The second-order valence-electron chi connectivity index (χ2n) is 8.30. The average molecular weight is 453 g/mol. The summed E-state index contributed by atoms with van der Waals surface area (Å²) < 4.78 is 0.854. The molecule has 0 saturated carbocycles. The number of piperidine rings is 1. The molecule has 3 heterocycles. The van der Waals surface area contributed by atoms with E-state index in [9.17, 15) is 10.1 Å². The van der Waals surface area contributed by atoms with Crippen LogP contribution in [0.5, 0.6) is 0 Å². The zero-order valence-electron chi connectivity index (χ0n) is 18.2. The number of hydrogen-bond donors (Lipinski definition) is 1. The third-order valence-corrected chi connectivity index (χ3v) is 7.29. The number of pyridine rings is 1. The highest BCUT2D eigenvalue weighted by Gasteiger charge is 2.27. The molecule has 0 unspecified atom stereocenters. The summed E-state index contributed by atoms with van der Waals surface area (Å²) in [6, 6.07) is 22.8. The van der Waals surface area contributed by atoms with Gasteiger partial charge in [0.2, 0.25) is 0 Å². The molecular weight excluding hydrogens is 428 g/mol. The molecule has 1 amide bonds. The van der Waals surface area contributed by atoms with Crippen molar-refractivity contribution in [3.8, 4) is 6.07 Å². The van der Waals surface area contributed by atoms with Crippen molar-refractivity contribution in [2.45, 2.75) is 25.3 Å². The Labute approximate surface area is 197 Å². The number of amides is 1. The van der Waals surface area contributed by atoms with Crippen molar-refractivity contribution in [3.05, 3.63) is 94.5 Å². The van der Waals surface area contributed by atoms with Gasteiger partial charge in [0.15, 0.2) is 0 Å². The van der Waals surface area contributed by atoms with Crippen molar-refractivity contribution in [1.82, 2.24) is 9.88 Å². The zero-order valence-corrected chi connectivity index (χ0v) is 19.0. The molecule has 164 valence electrons. The number of thiophene rings is 1. The molecule has 0 radical (unpaired) electrons. The van der Waals surface area contributed by atoms with Crippen LogP contribution in [0.15, 0.2) is 72.2 Å². The molecular formula is C27H24N4OS. The summed E-state index contributed by atoms with van der Waals surface area (Å²) in [6.07, 6.45) is 3.54. The number of hydrogen-bond acceptors (Lipinski definition) is 5. The summed E-state index contributed by atoms with van der Waals surface area (Å²) in [6.45, 7) is 2.04. The lowest BCUT2D eigenvalue weighted by Crippen LogP contribution is -2.38. The van der Waals surface area contributed by atoms with E-state index in [2.05, 4.69) is 52.8 Å². The van der Waals surface area contributed by atoms with E-state index in [1.54, 1.807) is 6.20 Å².